The van der Waals surface area contributed by atoms with Gasteiger partial charge in [-0.25, -0.2) is 14.8 Å². The summed E-state index contributed by atoms with van der Waals surface area (Å²) in [4.78, 5) is 86.8. The number of para-hydroxylation sites is 1. The van der Waals surface area contributed by atoms with Gasteiger partial charge in [0.2, 0.25) is 11.8 Å². The predicted molar refractivity (Wildman–Crippen MR) is 248 cm³/mol. The smallest absolute Gasteiger partial charge is 0.322 e. The minimum absolute atomic E-state index is 0.0322. The molecule has 5 N–H and O–H groups in total. The number of hydrogen-bond acceptors (Lipinski definition) is 12. The fourth-order valence-corrected chi connectivity index (χ4v) is 8.32. The van der Waals surface area contributed by atoms with Gasteiger partial charge in [-0.15, -0.1) is 0 Å². The van der Waals surface area contributed by atoms with Gasteiger partial charge >= 0.3 is 6.03 Å². The topological polar surface area (TPSA) is 252 Å². The largest absolute Gasteiger partial charge is 0.457 e. The Bertz CT molecular complexity index is 2900. The van der Waals surface area contributed by atoms with Crippen molar-refractivity contribution >= 4 is 69.5 Å². The minimum atomic E-state index is -0.744. The molecule has 4 aromatic carbocycles. The van der Waals surface area contributed by atoms with E-state index < -0.39 is 22.9 Å². The Labute approximate surface area is 388 Å². The number of anilines is 2. The molecule has 2 aromatic heterocycles. The monoisotopic (exact) mass is 925 g/mol. The van der Waals surface area contributed by atoms with E-state index in [2.05, 4.69) is 37.4 Å². The SMILES string of the molecule is C=C(CN(C(=O)NCc1ccc2c(c1)CN(C1CCC(=O)NC1=O)C2=O)c1cc(Cl)cc([N+](=O)[O-])c1)C(=O)N1CCCCC1.Nc1ncnc2n[nH]c(-c3ccc(Oc4ccccc4)cc3)c12. The molecule has 2 fully saturated rings. The fourth-order valence-electron chi connectivity index (χ4n) is 8.09. The van der Waals surface area contributed by atoms with E-state index in [4.69, 9.17) is 22.1 Å². The molecule has 67 heavy (non-hydrogen) atoms. The molecule has 6 amide bonds. The van der Waals surface area contributed by atoms with Crippen molar-refractivity contribution in [1.29, 1.82) is 0 Å². The van der Waals surface area contributed by atoms with Crippen LogP contribution in [0.4, 0.5) is 22.0 Å². The van der Waals surface area contributed by atoms with Crippen LogP contribution in [0.2, 0.25) is 5.02 Å². The summed E-state index contributed by atoms with van der Waals surface area (Å²) in [5.74, 6) is 0.491. The first-order valence-electron chi connectivity index (χ1n) is 21.3. The van der Waals surface area contributed by atoms with Crippen LogP contribution in [-0.4, -0.2) is 90.2 Å². The van der Waals surface area contributed by atoms with Crippen molar-refractivity contribution in [1.82, 2.24) is 40.6 Å². The molecule has 19 nitrogen and oxygen atoms in total. The number of ether oxygens (including phenoxy) is 1. The number of likely N-dealkylation sites (tertiary alicyclic amines) is 1. The van der Waals surface area contributed by atoms with Gasteiger partial charge in [-0.1, -0.05) is 48.5 Å². The quantitative estimate of drug-likeness (QED) is 0.0459. The number of aromatic nitrogens is 4. The molecule has 342 valence electrons. The number of fused-ring (bicyclic) bond motifs is 2. The van der Waals surface area contributed by atoms with Crippen molar-refractivity contribution in [2.45, 2.75) is 51.2 Å². The maximum Gasteiger partial charge on any atom is 0.322 e. The van der Waals surface area contributed by atoms with Crippen LogP contribution in [0.25, 0.3) is 22.3 Å². The number of benzene rings is 4. The molecule has 3 aliphatic rings. The van der Waals surface area contributed by atoms with Crippen molar-refractivity contribution in [2.24, 2.45) is 0 Å². The molecule has 0 radical (unpaired) electrons. The number of non-ortho nitro benzene ring substituents is 1. The molecule has 6 aromatic rings. The van der Waals surface area contributed by atoms with E-state index in [-0.39, 0.29) is 72.2 Å². The molecule has 1 unspecified atom stereocenters. The lowest BCUT2D eigenvalue weighted by Gasteiger charge is -2.29. The highest BCUT2D eigenvalue weighted by Crippen LogP contribution is 2.32. The molecule has 3 aliphatic heterocycles. The minimum Gasteiger partial charge on any atom is -0.457 e. The molecule has 2 saturated heterocycles. The van der Waals surface area contributed by atoms with Crippen molar-refractivity contribution in [3.63, 3.8) is 0 Å². The Morgan fingerprint density at radius 3 is 2.45 bits per heavy atom. The summed E-state index contributed by atoms with van der Waals surface area (Å²) in [6.45, 7) is 5.09. The molecule has 20 heteroatoms. The number of nitrogen functional groups attached to an aromatic ring is 1. The number of halogens is 1. The maximum atomic E-state index is 13.6. The normalized spacial score (nSPS) is 15.5. The number of carbonyl (C=O) groups excluding carboxylic acids is 5. The molecule has 0 saturated carbocycles. The van der Waals surface area contributed by atoms with E-state index in [1.54, 1.807) is 23.1 Å². The lowest BCUT2D eigenvalue weighted by Crippen LogP contribution is -2.52. The van der Waals surface area contributed by atoms with E-state index >= 15 is 0 Å². The average Bonchev–Trinajstić information content (AvgIpc) is 3.92. The Balaban J connectivity index is 0.000000220. The number of piperidine rings is 2. The summed E-state index contributed by atoms with van der Waals surface area (Å²) in [5, 5.41) is 24.5. The highest BCUT2D eigenvalue weighted by molar-refractivity contribution is 6.31. The summed E-state index contributed by atoms with van der Waals surface area (Å²) < 4.78 is 5.79. The zero-order valence-corrected chi connectivity index (χ0v) is 36.7. The molecule has 0 aliphatic carbocycles. The van der Waals surface area contributed by atoms with Crippen LogP contribution in [0.15, 0.2) is 109 Å². The Hall–Kier alpha value is -8.19. The fraction of sp³-hybridized carbons (Fsp3) is 0.234. The predicted octanol–water partition coefficient (Wildman–Crippen LogP) is 6.69. The molecular weight excluding hydrogens is 882 g/mol. The van der Waals surface area contributed by atoms with Crippen LogP contribution in [0, 0.1) is 10.1 Å². The van der Waals surface area contributed by atoms with Gasteiger partial charge in [0.25, 0.3) is 17.5 Å². The van der Waals surface area contributed by atoms with Crippen LogP contribution in [0.5, 0.6) is 11.5 Å². The van der Waals surface area contributed by atoms with E-state index in [9.17, 15) is 34.1 Å². The number of nitro groups is 1. The molecule has 9 rings (SSSR count). The lowest BCUT2D eigenvalue weighted by molar-refractivity contribution is -0.384. The maximum absolute atomic E-state index is 13.6. The van der Waals surface area contributed by atoms with Crippen LogP contribution in [-0.2, 0) is 27.5 Å². The summed E-state index contributed by atoms with van der Waals surface area (Å²) in [6.07, 6.45) is 4.58. The summed E-state index contributed by atoms with van der Waals surface area (Å²) in [7, 11) is 0. The number of imide groups is 1. The lowest BCUT2D eigenvalue weighted by atomic mass is 10.0. The third-order valence-electron chi connectivity index (χ3n) is 11.5. The second kappa shape index (κ2) is 19.9. The second-order valence-corrected chi connectivity index (χ2v) is 16.4. The van der Waals surface area contributed by atoms with Crippen LogP contribution >= 0.6 is 11.6 Å². The molecular formula is C47H44ClN11O8. The van der Waals surface area contributed by atoms with Gasteiger partial charge in [-0.05, 0) is 85.3 Å². The number of urea groups is 1. The van der Waals surface area contributed by atoms with Gasteiger partial charge in [0.1, 0.15) is 29.7 Å². The number of nitrogens with two attached hydrogens (primary N) is 1. The van der Waals surface area contributed by atoms with Crippen LogP contribution in [0.3, 0.4) is 0 Å². The van der Waals surface area contributed by atoms with Crippen LogP contribution < -0.4 is 26.0 Å². The Morgan fingerprint density at radius 2 is 1.72 bits per heavy atom. The third-order valence-corrected chi connectivity index (χ3v) is 11.7. The standard InChI is InChI=1S/C30H31ClN6O7.C17H13N5O/c1-18(28(40)34-9-3-2-4-10-34)16-35(22-12-21(31)13-23(14-22)37(43)44)30(42)32-15-19-5-6-24-20(11-19)17-36(29(24)41)25-7-8-26(38)33-27(25)39;18-16-14-15(21-22-17(14)20-10-19-16)11-6-8-13(9-7-11)23-12-4-2-1-3-5-12/h5-6,11-14,25H,1-4,7-10,15-17H2,(H,32,42)(H,33,38,39);1-10H,(H3,18,19,20,21,22). The van der Waals surface area contributed by atoms with Gasteiger partial charge in [0, 0.05) is 66.5 Å². The highest BCUT2D eigenvalue weighted by Gasteiger charge is 2.39. The number of nitro benzene ring substituents is 1. The van der Waals surface area contributed by atoms with Gasteiger partial charge < -0.3 is 25.6 Å². The van der Waals surface area contributed by atoms with Crippen molar-refractivity contribution in [3.05, 3.63) is 141 Å². The zero-order valence-electron chi connectivity index (χ0n) is 35.9. The van der Waals surface area contributed by atoms with Crippen molar-refractivity contribution < 1.29 is 33.6 Å². The van der Waals surface area contributed by atoms with E-state index in [1.807, 2.05) is 54.6 Å². The van der Waals surface area contributed by atoms with Gasteiger partial charge in [-0.2, -0.15) is 5.10 Å². The molecule has 0 spiro atoms. The third kappa shape index (κ3) is 10.4. The number of carbonyl (C=O) groups is 5. The number of rotatable bonds is 11. The number of amides is 6. The summed E-state index contributed by atoms with van der Waals surface area (Å²) in [5.41, 5.74) is 9.94. The van der Waals surface area contributed by atoms with Crippen molar-refractivity contribution in [3.8, 4) is 22.8 Å². The number of aromatic amines is 1. The first kappa shape index (κ1) is 45.4. The molecule has 1 atom stereocenters. The zero-order chi connectivity index (χ0) is 47.2. The number of nitrogens with zero attached hydrogens (tertiary/aromatic N) is 7. The van der Waals surface area contributed by atoms with Gasteiger partial charge in [0.05, 0.1) is 28.2 Å². The van der Waals surface area contributed by atoms with E-state index in [0.717, 1.165) is 47.4 Å². The first-order valence-corrected chi connectivity index (χ1v) is 21.7. The summed E-state index contributed by atoms with van der Waals surface area (Å²) >= 11 is 6.15. The average molecular weight is 926 g/mol. The van der Waals surface area contributed by atoms with E-state index in [1.165, 1.54) is 34.3 Å². The Morgan fingerprint density at radius 1 is 0.970 bits per heavy atom. The van der Waals surface area contributed by atoms with Gasteiger partial charge in [0.15, 0.2) is 5.65 Å². The number of hydrogen-bond donors (Lipinski definition) is 4. The van der Waals surface area contributed by atoms with Crippen molar-refractivity contribution in [2.75, 3.05) is 30.3 Å². The van der Waals surface area contributed by atoms with Crippen LogP contribution in [0.1, 0.15) is 53.6 Å². The first-order chi connectivity index (χ1) is 32.3. The molecule has 0 bridgehead atoms. The number of nitrogens with one attached hydrogen (secondary N) is 3. The van der Waals surface area contributed by atoms with E-state index in [0.29, 0.717) is 41.2 Å². The van der Waals surface area contributed by atoms with Gasteiger partial charge in [-0.3, -0.25) is 44.6 Å². The number of H-pyrrole nitrogens is 1. The Kier molecular flexibility index (Phi) is 13.5. The molecule has 5 heterocycles. The summed E-state index contributed by atoms with van der Waals surface area (Å²) in [6, 6.07) is 24.8. The second-order valence-electron chi connectivity index (χ2n) is 16.0. The highest BCUT2D eigenvalue weighted by atomic mass is 35.5.